The molecule has 0 aliphatic carbocycles. The number of hydrogen-bond donors (Lipinski definition) is 1. The number of hydrogen-bond acceptors (Lipinski definition) is 4. The van der Waals surface area contributed by atoms with E-state index in [0.717, 1.165) is 14.5 Å². The fraction of sp³-hybridized carbons (Fsp3) is 0.280. The molecule has 0 heterocycles. The van der Waals surface area contributed by atoms with Crippen molar-refractivity contribution < 1.29 is 26.5 Å². The van der Waals surface area contributed by atoms with Crippen LogP contribution >= 0.6 is 31.9 Å². The predicted octanol–water partition coefficient (Wildman–Crippen LogP) is 6.75. The minimum absolute atomic E-state index is 0.0160. The molecule has 0 radical (unpaired) electrons. The molecule has 3 rings (SSSR count). The highest BCUT2D eigenvalue weighted by Crippen LogP contribution is 2.18. The standard InChI is InChI=1S/C16H16BrFO3S.C9H10BrFO/c1-12-4-7-15(8-5-12)22(19,20)21-10-2-3-13-11-14(17)6-9-16(13)18;10-8-3-4-9(11)7(6-8)2-1-5-12/h4-9,11H,2-3,10H2,1H3;3-4,6,12H,1-2,5H2. The molecule has 0 unspecified atom stereocenters. The van der Waals surface area contributed by atoms with Crippen molar-refractivity contribution in [2.75, 3.05) is 13.2 Å². The van der Waals surface area contributed by atoms with E-state index in [2.05, 4.69) is 31.9 Å². The topological polar surface area (TPSA) is 63.6 Å². The molecule has 0 aliphatic heterocycles. The Morgan fingerprint density at radius 3 is 1.82 bits per heavy atom. The first-order valence-corrected chi connectivity index (χ1v) is 13.6. The number of benzene rings is 3. The summed E-state index contributed by atoms with van der Waals surface area (Å²) < 4.78 is 57.1. The molecule has 0 bridgehead atoms. The van der Waals surface area contributed by atoms with Gasteiger partial charge in [-0.1, -0.05) is 49.6 Å². The Hall–Kier alpha value is -1.65. The highest BCUT2D eigenvalue weighted by molar-refractivity contribution is 9.10. The summed E-state index contributed by atoms with van der Waals surface area (Å²) in [4.78, 5) is 0.131. The van der Waals surface area contributed by atoms with E-state index in [1.165, 1.54) is 24.3 Å². The number of aryl methyl sites for hydroxylation is 3. The Balaban J connectivity index is 0.000000287. The summed E-state index contributed by atoms with van der Waals surface area (Å²) >= 11 is 6.54. The second kappa shape index (κ2) is 14.0. The largest absolute Gasteiger partial charge is 0.396 e. The van der Waals surface area contributed by atoms with E-state index < -0.39 is 10.1 Å². The van der Waals surface area contributed by atoms with E-state index in [9.17, 15) is 17.2 Å². The van der Waals surface area contributed by atoms with Gasteiger partial charge >= 0.3 is 0 Å². The van der Waals surface area contributed by atoms with Gasteiger partial charge in [0.15, 0.2) is 0 Å². The lowest BCUT2D eigenvalue weighted by Crippen LogP contribution is -2.08. The average Bonchev–Trinajstić information content (AvgIpc) is 2.80. The Labute approximate surface area is 216 Å². The Kier molecular flexibility index (Phi) is 11.8. The lowest BCUT2D eigenvalue weighted by atomic mass is 10.1. The molecule has 184 valence electrons. The fourth-order valence-corrected chi connectivity index (χ4v) is 4.70. The fourth-order valence-electron chi connectivity index (χ4n) is 2.94. The molecule has 3 aromatic rings. The summed E-state index contributed by atoms with van der Waals surface area (Å²) in [6.07, 6.45) is 2.02. The van der Waals surface area contributed by atoms with E-state index in [-0.39, 0.29) is 29.7 Å². The first-order chi connectivity index (χ1) is 16.1. The van der Waals surface area contributed by atoms with Gasteiger partial charge in [-0.3, -0.25) is 4.18 Å². The van der Waals surface area contributed by atoms with Crippen LogP contribution < -0.4 is 0 Å². The van der Waals surface area contributed by atoms with Gasteiger partial charge in [0.05, 0.1) is 11.5 Å². The minimum atomic E-state index is -3.75. The van der Waals surface area contributed by atoms with Crippen molar-refractivity contribution in [2.24, 2.45) is 0 Å². The van der Waals surface area contributed by atoms with Crippen LogP contribution in [0, 0.1) is 18.6 Å². The van der Waals surface area contributed by atoms with E-state index in [1.54, 1.807) is 36.4 Å². The van der Waals surface area contributed by atoms with Crippen LogP contribution in [-0.4, -0.2) is 26.7 Å². The quantitative estimate of drug-likeness (QED) is 0.213. The lowest BCUT2D eigenvalue weighted by molar-refractivity contribution is 0.288. The van der Waals surface area contributed by atoms with Crippen LogP contribution in [0.4, 0.5) is 8.78 Å². The van der Waals surface area contributed by atoms with Crippen molar-refractivity contribution in [1.82, 2.24) is 0 Å². The zero-order valence-electron chi connectivity index (χ0n) is 18.6. The second-order valence-electron chi connectivity index (χ2n) is 7.49. The summed E-state index contributed by atoms with van der Waals surface area (Å²) in [5.41, 5.74) is 2.16. The molecule has 0 spiro atoms. The summed E-state index contributed by atoms with van der Waals surface area (Å²) in [6, 6.07) is 16.0. The molecule has 0 saturated heterocycles. The molecule has 3 aromatic carbocycles. The van der Waals surface area contributed by atoms with Crippen LogP contribution in [0.2, 0.25) is 0 Å². The Morgan fingerprint density at radius 1 is 0.824 bits per heavy atom. The molecule has 0 atom stereocenters. The van der Waals surface area contributed by atoms with Crippen molar-refractivity contribution in [1.29, 1.82) is 0 Å². The molecule has 0 fully saturated rings. The van der Waals surface area contributed by atoms with Crippen LogP contribution in [0.25, 0.3) is 0 Å². The summed E-state index contributed by atoms with van der Waals surface area (Å²) in [5.74, 6) is -0.503. The molecule has 9 heteroatoms. The van der Waals surface area contributed by atoms with Crippen molar-refractivity contribution in [3.05, 3.63) is 97.9 Å². The molecule has 34 heavy (non-hydrogen) atoms. The smallest absolute Gasteiger partial charge is 0.296 e. The van der Waals surface area contributed by atoms with Crippen molar-refractivity contribution in [2.45, 2.75) is 37.5 Å². The van der Waals surface area contributed by atoms with Crippen LogP contribution in [0.15, 0.2) is 74.5 Å². The van der Waals surface area contributed by atoms with Gasteiger partial charge in [0.2, 0.25) is 0 Å². The molecule has 0 saturated carbocycles. The van der Waals surface area contributed by atoms with Gasteiger partial charge in [-0.15, -0.1) is 0 Å². The number of halogens is 4. The van der Waals surface area contributed by atoms with E-state index in [4.69, 9.17) is 9.29 Å². The summed E-state index contributed by atoms with van der Waals surface area (Å²) in [7, 11) is -3.75. The van der Waals surface area contributed by atoms with E-state index in [1.807, 2.05) is 6.92 Å². The molecule has 4 nitrogen and oxygen atoms in total. The monoisotopic (exact) mass is 618 g/mol. The minimum Gasteiger partial charge on any atom is -0.396 e. The van der Waals surface area contributed by atoms with Gasteiger partial charge in [-0.2, -0.15) is 8.42 Å². The molecule has 0 aromatic heterocycles. The first kappa shape index (κ1) is 28.6. The number of rotatable bonds is 9. The zero-order valence-corrected chi connectivity index (χ0v) is 22.6. The van der Waals surface area contributed by atoms with Crippen molar-refractivity contribution in [3.8, 4) is 0 Å². The van der Waals surface area contributed by atoms with Gasteiger partial charge in [0.1, 0.15) is 11.6 Å². The van der Waals surface area contributed by atoms with E-state index in [0.29, 0.717) is 36.8 Å². The van der Waals surface area contributed by atoms with Gasteiger partial charge in [0.25, 0.3) is 10.1 Å². The Bertz CT molecular complexity index is 1170. The maximum absolute atomic E-state index is 13.6. The molecule has 0 amide bonds. The number of aliphatic hydroxyl groups is 1. The third-order valence-corrected chi connectivity index (χ3v) is 7.07. The lowest BCUT2D eigenvalue weighted by Gasteiger charge is -2.07. The van der Waals surface area contributed by atoms with E-state index >= 15 is 0 Å². The van der Waals surface area contributed by atoms with Crippen LogP contribution in [0.3, 0.4) is 0 Å². The Morgan fingerprint density at radius 2 is 1.32 bits per heavy atom. The maximum Gasteiger partial charge on any atom is 0.296 e. The molecular weight excluding hydrogens is 594 g/mol. The molecular formula is C25H26Br2F2O4S. The average molecular weight is 620 g/mol. The van der Waals surface area contributed by atoms with Crippen molar-refractivity contribution >= 4 is 42.0 Å². The predicted molar refractivity (Wildman–Crippen MR) is 136 cm³/mol. The summed E-state index contributed by atoms with van der Waals surface area (Å²) in [6.45, 7) is 2.00. The first-order valence-electron chi connectivity index (χ1n) is 10.6. The van der Waals surface area contributed by atoms with Gasteiger partial charge in [0, 0.05) is 15.6 Å². The number of aliphatic hydroxyl groups excluding tert-OH is 1. The maximum atomic E-state index is 13.6. The normalized spacial score (nSPS) is 11.1. The highest BCUT2D eigenvalue weighted by atomic mass is 79.9. The van der Waals surface area contributed by atoms with Gasteiger partial charge < -0.3 is 5.11 Å². The van der Waals surface area contributed by atoms with Gasteiger partial charge in [-0.25, -0.2) is 8.78 Å². The molecule has 0 aliphatic rings. The third-order valence-electron chi connectivity index (χ3n) is 4.76. The zero-order chi connectivity index (χ0) is 25.1. The van der Waals surface area contributed by atoms with Gasteiger partial charge in [-0.05, 0) is 92.3 Å². The third kappa shape index (κ3) is 9.54. The molecule has 1 N–H and O–H groups in total. The van der Waals surface area contributed by atoms with Crippen LogP contribution in [0.1, 0.15) is 29.5 Å². The van der Waals surface area contributed by atoms with Crippen molar-refractivity contribution in [3.63, 3.8) is 0 Å². The van der Waals surface area contributed by atoms with Crippen LogP contribution in [0.5, 0.6) is 0 Å². The summed E-state index contributed by atoms with van der Waals surface area (Å²) in [5, 5.41) is 8.55. The second-order valence-corrected chi connectivity index (χ2v) is 10.9. The highest BCUT2D eigenvalue weighted by Gasteiger charge is 2.14. The van der Waals surface area contributed by atoms with Crippen LogP contribution in [-0.2, 0) is 27.1 Å². The SMILES string of the molecule is Cc1ccc(S(=O)(=O)OCCCc2cc(Br)ccc2F)cc1.OCCCc1cc(Br)ccc1F.